The summed E-state index contributed by atoms with van der Waals surface area (Å²) in [6.45, 7) is 0. The van der Waals surface area contributed by atoms with Crippen molar-refractivity contribution >= 4 is 23.2 Å². The number of nitrogens with zero attached hydrogens (tertiary/aromatic N) is 1. The summed E-state index contributed by atoms with van der Waals surface area (Å²) in [5.41, 5.74) is 0.805. The van der Waals surface area contributed by atoms with Crippen LogP contribution in [-0.2, 0) is 0 Å². The Kier molecular flexibility index (Phi) is 3.87. The number of carbonyl (C=O) groups is 1. The number of methoxy groups -OCH3 is 1. The molecule has 1 aromatic carbocycles. The third-order valence-electron chi connectivity index (χ3n) is 2.46. The van der Waals surface area contributed by atoms with Crippen LogP contribution in [0, 0.1) is 5.21 Å². The number of ether oxygens (including phenoxy) is 1. The highest BCUT2D eigenvalue weighted by molar-refractivity contribution is 6.28. The zero-order valence-electron chi connectivity index (χ0n) is 10.1. The molecule has 0 bridgehead atoms. The number of nitrogens with one attached hydrogen (secondary N) is 1. The Bertz CT molecular complexity index is 617. The summed E-state index contributed by atoms with van der Waals surface area (Å²) in [5.74, 6) is 0.238. The molecule has 0 radical (unpaired) electrons. The second kappa shape index (κ2) is 5.58. The number of amides is 1. The lowest BCUT2D eigenvalue weighted by molar-refractivity contribution is -0.603. The molecular weight excluding hydrogens is 268 g/mol. The van der Waals surface area contributed by atoms with E-state index in [1.54, 1.807) is 31.4 Å². The first-order chi connectivity index (χ1) is 9.10. The van der Waals surface area contributed by atoms with Crippen molar-refractivity contribution in [2.24, 2.45) is 0 Å². The molecular formula is C13H11ClN2O3. The van der Waals surface area contributed by atoms with E-state index in [4.69, 9.17) is 16.3 Å². The fraction of sp³-hybridized carbons (Fsp3) is 0.0769. The Morgan fingerprint density at radius 2 is 2.16 bits per heavy atom. The number of pyridine rings is 1. The number of halogens is 1. The van der Waals surface area contributed by atoms with E-state index in [-0.39, 0.29) is 10.7 Å². The lowest BCUT2D eigenvalue weighted by atomic mass is 10.2. The zero-order valence-corrected chi connectivity index (χ0v) is 10.8. The minimum absolute atomic E-state index is 0.0120. The molecule has 0 saturated heterocycles. The number of aromatic nitrogens is 1. The van der Waals surface area contributed by atoms with Crippen molar-refractivity contribution in [1.82, 2.24) is 0 Å². The van der Waals surface area contributed by atoms with Crippen molar-refractivity contribution in [1.29, 1.82) is 0 Å². The van der Waals surface area contributed by atoms with Crippen molar-refractivity contribution in [3.8, 4) is 5.75 Å². The maximum Gasteiger partial charge on any atom is 0.286 e. The molecule has 2 rings (SSSR count). The second-order valence-electron chi connectivity index (χ2n) is 3.75. The molecule has 5 nitrogen and oxygen atoms in total. The lowest BCUT2D eigenvalue weighted by Crippen LogP contribution is -2.29. The average Bonchev–Trinajstić information content (AvgIpc) is 2.42. The largest absolute Gasteiger partial charge is 0.618 e. The van der Waals surface area contributed by atoms with Gasteiger partial charge < -0.3 is 15.3 Å². The van der Waals surface area contributed by atoms with E-state index < -0.39 is 5.91 Å². The molecule has 1 aromatic heterocycles. The van der Waals surface area contributed by atoms with Crippen LogP contribution in [0.2, 0.25) is 5.15 Å². The van der Waals surface area contributed by atoms with Crippen LogP contribution in [0.4, 0.5) is 5.69 Å². The van der Waals surface area contributed by atoms with Crippen LogP contribution >= 0.6 is 11.6 Å². The van der Waals surface area contributed by atoms with E-state index in [0.717, 1.165) is 6.20 Å². The van der Waals surface area contributed by atoms with Crippen molar-refractivity contribution in [2.75, 3.05) is 12.4 Å². The van der Waals surface area contributed by atoms with Gasteiger partial charge in [0, 0.05) is 17.8 Å². The molecule has 98 valence electrons. The monoisotopic (exact) mass is 278 g/mol. The Morgan fingerprint density at radius 1 is 1.37 bits per heavy atom. The van der Waals surface area contributed by atoms with Gasteiger partial charge in [0.05, 0.1) is 7.11 Å². The molecule has 0 aliphatic rings. The maximum atomic E-state index is 11.9. The number of carbonyl (C=O) groups excluding carboxylic acids is 1. The van der Waals surface area contributed by atoms with Gasteiger partial charge in [0.25, 0.3) is 11.1 Å². The smallest absolute Gasteiger partial charge is 0.286 e. The third-order valence-corrected chi connectivity index (χ3v) is 2.75. The van der Waals surface area contributed by atoms with Crippen molar-refractivity contribution in [3.63, 3.8) is 0 Å². The number of benzene rings is 1. The molecule has 0 spiro atoms. The van der Waals surface area contributed by atoms with Crippen LogP contribution in [0.25, 0.3) is 0 Å². The normalized spacial score (nSPS) is 10.0. The van der Waals surface area contributed by atoms with Crippen molar-refractivity contribution in [3.05, 3.63) is 58.5 Å². The van der Waals surface area contributed by atoms with E-state index in [1.807, 2.05) is 0 Å². The van der Waals surface area contributed by atoms with Crippen LogP contribution in [0.15, 0.2) is 42.6 Å². The van der Waals surface area contributed by atoms with Gasteiger partial charge in [0.15, 0.2) is 6.20 Å². The fourth-order valence-electron chi connectivity index (χ4n) is 1.50. The van der Waals surface area contributed by atoms with Gasteiger partial charge in [-0.2, -0.15) is 4.73 Å². The van der Waals surface area contributed by atoms with Gasteiger partial charge in [-0.05, 0) is 29.8 Å². The van der Waals surface area contributed by atoms with Crippen LogP contribution < -0.4 is 14.8 Å². The predicted molar refractivity (Wildman–Crippen MR) is 71.4 cm³/mol. The number of hydrogen-bond acceptors (Lipinski definition) is 3. The quantitative estimate of drug-likeness (QED) is 0.532. The standard InChI is InChI=1S/C13H11ClN2O3/c1-19-11-4-2-3-10(7-11)15-13(17)9-5-6-12(14)16(18)8-9/h2-8H,1H3,(H,15,17). The summed E-state index contributed by atoms with van der Waals surface area (Å²) in [6.07, 6.45) is 1.12. The maximum absolute atomic E-state index is 11.9. The van der Waals surface area contributed by atoms with Crippen molar-refractivity contribution < 1.29 is 14.3 Å². The minimum atomic E-state index is -0.394. The van der Waals surface area contributed by atoms with Gasteiger partial charge in [0.1, 0.15) is 11.3 Å². The van der Waals surface area contributed by atoms with Gasteiger partial charge in [-0.1, -0.05) is 6.07 Å². The Balaban J connectivity index is 2.18. The summed E-state index contributed by atoms with van der Waals surface area (Å²) in [4.78, 5) is 11.9. The summed E-state index contributed by atoms with van der Waals surface area (Å²) in [7, 11) is 1.54. The number of anilines is 1. The SMILES string of the molecule is COc1cccc(NC(=O)c2ccc(Cl)[n+]([O-])c2)c1. The van der Waals surface area contributed by atoms with E-state index >= 15 is 0 Å². The van der Waals surface area contributed by atoms with E-state index in [0.29, 0.717) is 16.2 Å². The molecule has 2 aromatic rings. The van der Waals surface area contributed by atoms with Gasteiger partial charge in [-0.15, -0.1) is 0 Å². The molecule has 0 fully saturated rings. The van der Waals surface area contributed by atoms with Crippen molar-refractivity contribution in [2.45, 2.75) is 0 Å². The summed E-state index contributed by atoms with van der Waals surface area (Å²) < 4.78 is 5.49. The highest BCUT2D eigenvalue weighted by Crippen LogP contribution is 2.17. The molecule has 0 unspecified atom stereocenters. The third kappa shape index (κ3) is 3.14. The number of rotatable bonds is 3. The predicted octanol–water partition coefficient (Wildman–Crippen LogP) is 2.23. The van der Waals surface area contributed by atoms with E-state index in [9.17, 15) is 10.0 Å². The van der Waals surface area contributed by atoms with Gasteiger partial charge in [-0.25, -0.2) is 0 Å². The van der Waals surface area contributed by atoms with Crippen LogP contribution in [0.5, 0.6) is 5.75 Å². The zero-order chi connectivity index (χ0) is 13.8. The number of hydrogen-bond donors (Lipinski definition) is 1. The molecule has 1 heterocycles. The van der Waals surface area contributed by atoms with Crippen LogP contribution in [-0.4, -0.2) is 13.0 Å². The molecule has 0 aliphatic heterocycles. The first-order valence-electron chi connectivity index (χ1n) is 5.44. The summed E-state index contributed by atoms with van der Waals surface area (Å²) in [5, 5.41) is 14.0. The molecule has 0 aliphatic carbocycles. The highest BCUT2D eigenvalue weighted by Gasteiger charge is 2.11. The van der Waals surface area contributed by atoms with Gasteiger partial charge in [0.2, 0.25) is 0 Å². The van der Waals surface area contributed by atoms with E-state index in [1.165, 1.54) is 12.1 Å². The topological polar surface area (TPSA) is 65.3 Å². The Hall–Kier alpha value is -2.27. The molecule has 6 heteroatoms. The Morgan fingerprint density at radius 3 is 2.84 bits per heavy atom. The molecule has 19 heavy (non-hydrogen) atoms. The Labute approximate surface area is 115 Å². The second-order valence-corrected chi connectivity index (χ2v) is 4.14. The van der Waals surface area contributed by atoms with Gasteiger partial charge >= 0.3 is 0 Å². The van der Waals surface area contributed by atoms with Crippen LogP contribution in [0.1, 0.15) is 10.4 Å². The molecule has 1 N–H and O–H groups in total. The fourth-order valence-corrected chi connectivity index (χ4v) is 1.61. The first kappa shape index (κ1) is 13.2. The van der Waals surface area contributed by atoms with E-state index in [2.05, 4.69) is 5.32 Å². The summed E-state index contributed by atoms with van der Waals surface area (Å²) >= 11 is 5.59. The summed E-state index contributed by atoms with van der Waals surface area (Å²) in [6, 6.07) is 9.77. The minimum Gasteiger partial charge on any atom is -0.618 e. The highest BCUT2D eigenvalue weighted by atomic mass is 35.5. The molecule has 1 amide bonds. The van der Waals surface area contributed by atoms with Crippen LogP contribution in [0.3, 0.4) is 0 Å². The average molecular weight is 279 g/mol. The first-order valence-corrected chi connectivity index (χ1v) is 5.82. The lowest BCUT2D eigenvalue weighted by Gasteiger charge is -2.07. The van der Waals surface area contributed by atoms with Gasteiger partial charge in [-0.3, -0.25) is 4.79 Å². The molecule has 0 saturated carbocycles. The molecule has 0 atom stereocenters.